The molecule has 1 aliphatic rings. The lowest BCUT2D eigenvalue weighted by Crippen LogP contribution is -2.44. The van der Waals surface area contributed by atoms with E-state index in [4.69, 9.17) is 5.73 Å². The van der Waals surface area contributed by atoms with Crippen molar-refractivity contribution < 1.29 is 8.42 Å². The molecule has 1 heterocycles. The van der Waals surface area contributed by atoms with Crippen molar-refractivity contribution in [3.63, 3.8) is 0 Å². The van der Waals surface area contributed by atoms with Crippen LogP contribution >= 0.6 is 0 Å². The minimum Gasteiger partial charge on any atom is -0.333 e. The molecule has 0 saturated heterocycles. The van der Waals surface area contributed by atoms with Gasteiger partial charge in [-0.1, -0.05) is 19.8 Å². The SMILES string of the molecule is CC[C@H](C)n1cnc(S(=O)(=O)N[C@H]2CCCC[C@@H]2CN)c1. The first-order valence-corrected chi connectivity index (χ1v) is 9.22. The van der Waals surface area contributed by atoms with Crippen LogP contribution in [0.25, 0.3) is 0 Å². The van der Waals surface area contributed by atoms with Crippen LogP contribution < -0.4 is 10.5 Å². The number of hydrogen-bond acceptors (Lipinski definition) is 4. The summed E-state index contributed by atoms with van der Waals surface area (Å²) in [6.45, 7) is 4.62. The molecule has 7 heteroatoms. The Morgan fingerprint density at radius 1 is 1.48 bits per heavy atom. The molecule has 0 aromatic carbocycles. The molecule has 1 saturated carbocycles. The molecule has 120 valence electrons. The van der Waals surface area contributed by atoms with Gasteiger partial charge in [-0.05, 0) is 38.6 Å². The first-order chi connectivity index (χ1) is 9.97. The molecular weight excluding hydrogens is 288 g/mol. The van der Waals surface area contributed by atoms with Crippen LogP contribution in [0.15, 0.2) is 17.6 Å². The van der Waals surface area contributed by atoms with Crippen LogP contribution in [-0.2, 0) is 10.0 Å². The second-order valence-electron chi connectivity index (χ2n) is 5.92. The van der Waals surface area contributed by atoms with E-state index in [0.717, 1.165) is 32.1 Å². The fourth-order valence-electron chi connectivity index (χ4n) is 2.81. The first kappa shape index (κ1) is 16.5. The molecule has 0 bridgehead atoms. The standard InChI is InChI=1S/C14H26N4O2S/c1-3-11(2)18-9-14(16-10-18)21(19,20)17-13-7-5-4-6-12(13)8-15/h9-13,17H,3-8,15H2,1-2H3/t11-,12+,13-/m0/s1. The molecular formula is C14H26N4O2S. The lowest BCUT2D eigenvalue weighted by molar-refractivity contribution is 0.296. The zero-order chi connectivity index (χ0) is 15.5. The van der Waals surface area contributed by atoms with Crippen molar-refractivity contribution >= 4 is 10.0 Å². The van der Waals surface area contributed by atoms with Gasteiger partial charge in [-0.25, -0.2) is 18.1 Å². The van der Waals surface area contributed by atoms with Crippen LogP contribution in [0.3, 0.4) is 0 Å². The molecule has 6 nitrogen and oxygen atoms in total. The molecule has 21 heavy (non-hydrogen) atoms. The van der Waals surface area contributed by atoms with Crippen molar-refractivity contribution in [2.75, 3.05) is 6.54 Å². The maximum absolute atomic E-state index is 12.5. The van der Waals surface area contributed by atoms with Gasteiger partial charge in [-0.2, -0.15) is 0 Å². The van der Waals surface area contributed by atoms with E-state index in [0.29, 0.717) is 6.54 Å². The lowest BCUT2D eigenvalue weighted by atomic mass is 9.85. The van der Waals surface area contributed by atoms with Crippen molar-refractivity contribution in [3.05, 3.63) is 12.5 Å². The van der Waals surface area contributed by atoms with Gasteiger partial charge in [0.05, 0.1) is 6.33 Å². The lowest BCUT2D eigenvalue weighted by Gasteiger charge is -2.30. The first-order valence-electron chi connectivity index (χ1n) is 7.73. The summed E-state index contributed by atoms with van der Waals surface area (Å²) in [5, 5.41) is 0.101. The van der Waals surface area contributed by atoms with Gasteiger partial charge < -0.3 is 10.3 Å². The third-order valence-corrected chi connectivity index (χ3v) is 5.85. The largest absolute Gasteiger partial charge is 0.333 e. The zero-order valence-corrected chi connectivity index (χ0v) is 13.6. The van der Waals surface area contributed by atoms with Crippen LogP contribution in [0.4, 0.5) is 0 Å². The molecule has 0 spiro atoms. The van der Waals surface area contributed by atoms with Gasteiger partial charge in [0.2, 0.25) is 0 Å². The predicted octanol–water partition coefficient (Wildman–Crippen LogP) is 1.65. The average Bonchev–Trinajstić information content (AvgIpc) is 2.97. The Bertz CT molecular complexity index is 555. The molecule has 1 aromatic rings. The molecule has 3 atom stereocenters. The van der Waals surface area contributed by atoms with E-state index in [2.05, 4.69) is 16.6 Å². The summed E-state index contributed by atoms with van der Waals surface area (Å²) < 4.78 is 29.6. The summed E-state index contributed by atoms with van der Waals surface area (Å²) in [4.78, 5) is 4.05. The predicted molar refractivity (Wildman–Crippen MR) is 82.4 cm³/mol. The van der Waals surface area contributed by atoms with E-state index in [1.807, 2.05) is 11.5 Å². The van der Waals surface area contributed by atoms with Crippen molar-refractivity contribution in [2.24, 2.45) is 11.7 Å². The summed E-state index contributed by atoms with van der Waals surface area (Å²) in [6, 6.07) is 0.176. The third-order valence-electron chi connectivity index (χ3n) is 4.47. The highest BCUT2D eigenvalue weighted by molar-refractivity contribution is 7.89. The fraction of sp³-hybridized carbons (Fsp3) is 0.786. The molecule has 0 aliphatic heterocycles. The van der Waals surface area contributed by atoms with E-state index >= 15 is 0 Å². The summed E-state index contributed by atoms with van der Waals surface area (Å²) in [5.41, 5.74) is 5.76. The number of imidazole rings is 1. The van der Waals surface area contributed by atoms with Crippen molar-refractivity contribution in [1.82, 2.24) is 14.3 Å². The van der Waals surface area contributed by atoms with Crippen LogP contribution in [0.5, 0.6) is 0 Å². The number of nitrogens with zero attached hydrogens (tertiary/aromatic N) is 2. The number of rotatable bonds is 6. The monoisotopic (exact) mass is 314 g/mol. The van der Waals surface area contributed by atoms with E-state index in [9.17, 15) is 8.42 Å². The van der Waals surface area contributed by atoms with Crippen molar-refractivity contribution in [1.29, 1.82) is 0 Å². The topological polar surface area (TPSA) is 90.0 Å². The zero-order valence-electron chi connectivity index (χ0n) is 12.8. The Morgan fingerprint density at radius 2 is 2.19 bits per heavy atom. The summed E-state index contributed by atoms with van der Waals surface area (Å²) in [6.07, 6.45) is 8.15. The Kier molecular flexibility index (Phi) is 5.40. The van der Waals surface area contributed by atoms with E-state index in [1.54, 1.807) is 12.5 Å². The van der Waals surface area contributed by atoms with E-state index in [1.165, 1.54) is 0 Å². The number of sulfonamides is 1. The van der Waals surface area contributed by atoms with Crippen molar-refractivity contribution in [3.8, 4) is 0 Å². The fourth-order valence-corrected chi connectivity index (χ4v) is 4.09. The Morgan fingerprint density at radius 3 is 2.86 bits per heavy atom. The highest BCUT2D eigenvalue weighted by Crippen LogP contribution is 2.25. The summed E-state index contributed by atoms with van der Waals surface area (Å²) in [7, 11) is -3.56. The van der Waals surface area contributed by atoms with Gasteiger partial charge in [0.1, 0.15) is 0 Å². The second kappa shape index (κ2) is 6.89. The minimum atomic E-state index is -3.56. The second-order valence-corrected chi connectivity index (χ2v) is 7.59. The van der Waals surface area contributed by atoms with Crippen LogP contribution in [0.2, 0.25) is 0 Å². The van der Waals surface area contributed by atoms with E-state index < -0.39 is 10.0 Å². The number of nitrogens with two attached hydrogens (primary N) is 1. The maximum atomic E-state index is 12.5. The van der Waals surface area contributed by atoms with Crippen LogP contribution in [-0.4, -0.2) is 30.6 Å². The Balaban J connectivity index is 2.12. The van der Waals surface area contributed by atoms with Crippen LogP contribution in [0, 0.1) is 5.92 Å². The van der Waals surface area contributed by atoms with E-state index in [-0.39, 0.29) is 23.0 Å². The Hall–Kier alpha value is -0.920. The highest BCUT2D eigenvalue weighted by Gasteiger charge is 2.29. The molecule has 1 aliphatic carbocycles. The van der Waals surface area contributed by atoms with Gasteiger partial charge in [0.25, 0.3) is 10.0 Å². The number of hydrogen-bond donors (Lipinski definition) is 2. The Labute approximate surface area is 127 Å². The van der Waals surface area contributed by atoms with Gasteiger partial charge in [0, 0.05) is 18.3 Å². The van der Waals surface area contributed by atoms with Gasteiger partial charge in [-0.3, -0.25) is 0 Å². The normalized spacial score (nSPS) is 24.9. The third kappa shape index (κ3) is 3.84. The van der Waals surface area contributed by atoms with Gasteiger partial charge in [-0.15, -0.1) is 0 Å². The smallest absolute Gasteiger partial charge is 0.259 e. The summed E-state index contributed by atoms with van der Waals surface area (Å²) >= 11 is 0. The molecule has 1 fully saturated rings. The minimum absolute atomic E-state index is 0.0671. The molecule has 1 aromatic heterocycles. The molecule has 3 N–H and O–H groups in total. The molecule has 0 amide bonds. The van der Waals surface area contributed by atoms with Gasteiger partial charge in [0.15, 0.2) is 5.03 Å². The highest BCUT2D eigenvalue weighted by atomic mass is 32.2. The van der Waals surface area contributed by atoms with Crippen molar-refractivity contribution in [2.45, 2.75) is 63.1 Å². The maximum Gasteiger partial charge on any atom is 0.259 e. The van der Waals surface area contributed by atoms with Gasteiger partial charge >= 0.3 is 0 Å². The van der Waals surface area contributed by atoms with Crippen LogP contribution in [0.1, 0.15) is 52.0 Å². The molecule has 2 rings (SSSR count). The number of nitrogens with one attached hydrogen (secondary N) is 1. The quantitative estimate of drug-likeness (QED) is 0.835. The number of aromatic nitrogens is 2. The average molecular weight is 314 g/mol. The summed E-state index contributed by atoms with van der Waals surface area (Å²) in [5.74, 6) is 0.227. The molecule has 0 unspecified atom stereocenters. The molecule has 0 radical (unpaired) electrons.